The summed E-state index contributed by atoms with van der Waals surface area (Å²) >= 11 is 1.68. The van der Waals surface area contributed by atoms with E-state index in [0.29, 0.717) is 0 Å². The minimum atomic E-state index is 0. The lowest BCUT2D eigenvalue weighted by Gasteiger charge is -2.11. The molecule has 176 valence electrons. The fraction of sp³-hybridized carbons (Fsp3) is 0.100. The molecule has 5 heteroatoms. The molecule has 1 heterocycles. The lowest BCUT2D eigenvalue weighted by Crippen LogP contribution is -2.17. The van der Waals surface area contributed by atoms with Crippen LogP contribution < -0.4 is 9.54 Å². The number of thiazole rings is 1. The summed E-state index contributed by atoms with van der Waals surface area (Å²) in [4.78, 5) is 5.96. The van der Waals surface area contributed by atoms with Crippen molar-refractivity contribution >= 4 is 34.0 Å². The minimum absolute atomic E-state index is 0. The summed E-state index contributed by atoms with van der Waals surface area (Å²) in [5.41, 5.74) is 7.07. The highest BCUT2D eigenvalue weighted by molar-refractivity contribution is 8.93. The topological polar surface area (TPSA) is 26.5 Å². The summed E-state index contributed by atoms with van der Waals surface area (Å²) in [5.74, 6) is 0.880. The normalized spacial score (nSPS) is 11.2. The Kier molecular flexibility index (Phi) is 8.35. The lowest BCUT2D eigenvalue weighted by atomic mass is 10.0. The van der Waals surface area contributed by atoms with Crippen molar-refractivity contribution in [1.29, 1.82) is 0 Å². The predicted octanol–water partition coefficient (Wildman–Crippen LogP) is 7.95. The molecule has 3 nitrogen and oxygen atoms in total. The van der Waals surface area contributed by atoms with Crippen LogP contribution in [0.3, 0.4) is 0 Å². The Hall–Kier alpha value is -3.41. The molecule has 0 radical (unpaired) electrons. The van der Waals surface area contributed by atoms with Gasteiger partial charge in [0, 0.05) is 11.9 Å². The van der Waals surface area contributed by atoms with Crippen LogP contribution in [0.25, 0.3) is 22.4 Å². The standard InChI is InChI=1S/C30H26N2OS.BrH/c1-33-28-18-12-23(13-19-28)20-21-32-29(22-34-30(32)31-27-10-6-3-7-11-27)26-16-14-25(15-17-26)24-8-4-2-5-9-24;/h2-19,22H,20-21H2,1H3;1H. The number of para-hydroxylation sites is 1. The SMILES string of the molecule is Br.COc1ccc(CCn2c(-c3ccc(-c4ccccc4)cc3)csc2=Nc2ccccc2)cc1. The Morgan fingerprint density at radius 3 is 1.97 bits per heavy atom. The Morgan fingerprint density at radius 1 is 0.714 bits per heavy atom. The summed E-state index contributed by atoms with van der Waals surface area (Å²) in [6, 6.07) is 37.8. The summed E-state index contributed by atoms with van der Waals surface area (Å²) in [7, 11) is 1.70. The van der Waals surface area contributed by atoms with Crippen LogP contribution in [0.4, 0.5) is 5.69 Å². The largest absolute Gasteiger partial charge is 0.497 e. The van der Waals surface area contributed by atoms with Crippen molar-refractivity contribution in [3.63, 3.8) is 0 Å². The smallest absolute Gasteiger partial charge is 0.190 e. The maximum absolute atomic E-state index is 5.31. The van der Waals surface area contributed by atoms with Crippen LogP contribution in [0, 0.1) is 0 Å². The highest BCUT2D eigenvalue weighted by atomic mass is 79.9. The van der Waals surface area contributed by atoms with Crippen LogP contribution in [0.5, 0.6) is 5.75 Å². The first-order chi connectivity index (χ1) is 16.8. The quantitative estimate of drug-likeness (QED) is 0.205. The molecule has 0 saturated heterocycles. The second-order valence-corrected chi connectivity index (χ2v) is 8.88. The Morgan fingerprint density at radius 2 is 1.31 bits per heavy atom. The molecule has 4 aromatic carbocycles. The molecule has 0 atom stereocenters. The highest BCUT2D eigenvalue weighted by Crippen LogP contribution is 2.26. The molecule has 5 aromatic rings. The minimum Gasteiger partial charge on any atom is -0.497 e. The number of aryl methyl sites for hydroxylation is 1. The molecule has 0 aliphatic carbocycles. The molecule has 0 N–H and O–H groups in total. The molecule has 0 amide bonds. The third kappa shape index (κ3) is 5.99. The molecule has 0 unspecified atom stereocenters. The van der Waals surface area contributed by atoms with Crippen molar-refractivity contribution in [1.82, 2.24) is 4.57 Å². The Labute approximate surface area is 220 Å². The molecule has 1 aromatic heterocycles. The predicted molar refractivity (Wildman–Crippen MR) is 152 cm³/mol. The van der Waals surface area contributed by atoms with Crippen LogP contribution in [-0.4, -0.2) is 11.7 Å². The van der Waals surface area contributed by atoms with Crippen LogP contribution in [0.15, 0.2) is 120 Å². The first-order valence-corrected chi connectivity index (χ1v) is 12.2. The monoisotopic (exact) mass is 542 g/mol. The third-order valence-corrected chi connectivity index (χ3v) is 6.71. The van der Waals surface area contributed by atoms with Crippen molar-refractivity contribution in [3.8, 4) is 28.1 Å². The number of nitrogens with zero attached hydrogens (tertiary/aromatic N) is 2. The molecule has 0 bridgehead atoms. The van der Waals surface area contributed by atoms with Crippen molar-refractivity contribution in [3.05, 3.63) is 125 Å². The molecular weight excluding hydrogens is 516 g/mol. The number of rotatable bonds is 7. The van der Waals surface area contributed by atoms with Crippen molar-refractivity contribution < 1.29 is 4.74 Å². The zero-order chi connectivity index (χ0) is 23.2. The second-order valence-electron chi connectivity index (χ2n) is 8.04. The van der Waals surface area contributed by atoms with Gasteiger partial charge < -0.3 is 9.30 Å². The molecular formula is C30H27BrN2OS. The van der Waals surface area contributed by atoms with E-state index in [9.17, 15) is 0 Å². The van der Waals surface area contributed by atoms with Crippen molar-refractivity contribution in [2.24, 2.45) is 4.99 Å². The molecule has 5 rings (SSSR count). The zero-order valence-electron chi connectivity index (χ0n) is 19.5. The number of hydrogen-bond donors (Lipinski definition) is 0. The molecule has 0 aliphatic rings. The fourth-order valence-corrected chi connectivity index (χ4v) is 4.93. The van der Waals surface area contributed by atoms with Gasteiger partial charge in [0.05, 0.1) is 18.5 Å². The van der Waals surface area contributed by atoms with Gasteiger partial charge in [0.1, 0.15) is 5.75 Å². The highest BCUT2D eigenvalue weighted by Gasteiger charge is 2.10. The van der Waals surface area contributed by atoms with E-state index in [0.717, 1.165) is 29.2 Å². The maximum Gasteiger partial charge on any atom is 0.190 e. The van der Waals surface area contributed by atoms with Gasteiger partial charge in [-0.3, -0.25) is 0 Å². The summed E-state index contributed by atoms with van der Waals surface area (Å²) in [6.45, 7) is 0.845. The average Bonchev–Trinajstić information content (AvgIpc) is 3.31. The number of hydrogen-bond acceptors (Lipinski definition) is 3. The van der Waals surface area contributed by atoms with Gasteiger partial charge in [0.2, 0.25) is 0 Å². The first-order valence-electron chi connectivity index (χ1n) is 11.4. The fourth-order valence-electron chi connectivity index (χ4n) is 3.98. The van der Waals surface area contributed by atoms with Crippen molar-refractivity contribution in [2.45, 2.75) is 13.0 Å². The van der Waals surface area contributed by atoms with Crippen LogP contribution in [0.1, 0.15) is 5.56 Å². The van der Waals surface area contributed by atoms with Gasteiger partial charge in [0.15, 0.2) is 4.80 Å². The van der Waals surface area contributed by atoms with Gasteiger partial charge in [-0.25, -0.2) is 4.99 Å². The third-order valence-electron chi connectivity index (χ3n) is 5.85. The van der Waals surface area contributed by atoms with Gasteiger partial charge in [-0.15, -0.1) is 28.3 Å². The van der Waals surface area contributed by atoms with Crippen LogP contribution in [0.2, 0.25) is 0 Å². The van der Waals surface area contributed by atoms with E-state index in [4.69, 9.17) is 9.73 Å². The summed E-state index contributed by atoms with van der Waals surface area (Å²) < 4.78 is 7.64. The van der Waals surface area contributed by atoms with E-state index in [1.807, 2.05) is 48.5 Å². The molecule has 35 heavy (non-hydrogen) atoms. The average molecular weight is 544 g/mol. The molecule has 0 aliphatic heterocycles. The van der Waals surface area contributed by atoms with E-state index >= 15 is 0 Å². The number of halogens is 1. The van der Waals surface area contributed by atoms with Gasteiger partial charge in [0.25, 0.3) is 0 Å². The number of benzene rings is 4. The summed E-state index contributed by atoms with van der Waals surface area (Å²) in [6.07, 6.45) is 0.914. The molecule has 0 spiro atoms. The zero-order valence-corrected chi connectivity index (χ0v) is 22.0. The van der Waals surface area contributed by atoms with E-state index < -0.39 is 0 Å². The Bertz CT molecular complexity index is 1410. The van der Waals surface area contributed by atoms with Gasteiger partial charge >= 0.3 is 0 Å². The van der Waals surface area contributed by atoms with Gasteiger partial charge in [-0.1, -0.05) is 84.9 Å². The second kappa shape index (κ2) is 11.8. The van der Waals surface area contributed by atoms with Crippen molar-refractivity contribution in [2.75, 3.05) is 7.11 Å². The van der Waals surface area contributed by atoms with E-state index in [1.54, 1.807) is 18.4 Å². The van der Waals surface area contributed by atoms with Crippen LogP contribution in [-0.2, 0) is 13.0 Å². The maximum atomic E-state index is 5.31. The van der Waals surface area contributed by atoms with E-state index in [-0.39, 0.29) is 17.0 Å². The molecule has 0 fully saturated rings. The van der Waals surface area contributed by atoms with E-state index in [2.05, 4.69) is 70.6 Å². The number of methoxy groups -OCH3 is 1. The summed E-state index contributed by atoms with van der Waals surface area (Å²) in [5, 5.41) is 2.22. The Balaban J connectivity index is 0.00000289. The first kappa shape index (κ1) is 24.7. The lowest BCUT2D eigenvalue weighted by molar-refractivity contribution is 0.414. The number of ether oxygens (including phenoxy) is 1. The number of aromatic nitrogens is 1. The molecule has 0 saturated carbocycles. The van der Waals surface area contributed by atoms with Gasteiger partial charge in [-0.2, -0.15) is 0 Å². The van der Waals surface area contributed by atoms with E-state index in [1.165, 1.54) is 27.9 Å². The van der Waals surface area contributed by atoms with Gasteiger partial charge in [-0.05, 0) is 52.9 Å². The van der Waals surface area contributed by atoms with Crippen LogP contribution >= 0.6 is 28.3 Å².